The first-order valence-electron chi connectivity index (χ1n) is 4.49. The van der Waals surface area contributed by atoms with E-state index in [1.165, 1.54) is 0 Å². The molecule has 78 valence electrons. The normalized spacial score (nSPS) is 11.5. The molecule has 2 N–H and O–H groups in total. The van der Waals surface area contributed by atoms with Gasteiger partial charge in [-0.3, -0.25) is 4.79 Å². The van der Waals surface area contributed by atoms with E-state index in [0.29, 0.717) is 6.42 Å². The molecule has 0 radical (unpaired) electrons. The maximum Gasteiger partial charge on any atom is 0.235 e. The zero-order valence-corrected chi connectivity index (χ0v) is 8.43. The van der Waals surface area contributed by atoms with Gasteiger partial charge in [-0.2, -0.15) is 5.26 Å². The third-order valence-electron chi connectivity index (χ3n) is 2.10. The van der Waals surface area contributed by atoms with Gasteiger partial charge in [0.1, 0.15) is 11.7 Å². The molecule has 0 saturated carbocycles. The molecule has 4 nitrogen and oxygen atoms in total. The quantitative estimate of drug-likeness (QED) is 0.790. The molecule has 1 aromatic rings. The number of hydrogen-bond acceptors (Lipinski definition) is 3. The van der Waals surface area contributed by atoms with Crippen LogP contribution in [0.25, 0.3) is 0 Å². The molecule has 0 aliphatic carbocycles. The number of nitriles is 1. The predicted octanol–water partition coefficient (Wildman–Crippen LogP) is 0.863. The summed E-state index contributed by atoms with van der Waals surface area (Å²) in [6.45, 7) is 0. The van der Waals surface area contributed by atoms with Gasteiger partial charge in [-0.15, -0.1) is 0 Å². The Morgan fingerprint density at radius 1 is 1.53 bits per heavy atom. The SMILES string of the molecule is COc1ccc(CC(C#N)C(N)=O)cc1. The number of carbonyl (C=O) groups is 1. The lowest BCUT2D eigenvalue weighted by atomic mass is 10.0. The molecule has 0 saturated heterocycles. The Bertz CT molecular complexity index is 379. The van der Waals surface area contributed by atoms with E-state index in [1.54, 1.807) is 19.2 Å². The topological polar surface area (TPSA) is 76.1 Å². The first-order chi connectivity index (χ1) is 7.17. The number of methoxy groups -OCH3 is 1. The smallest absolute Gasteiger partial charge is 0.235 e. The molecule has 1 amide bonds. The summed E-state index contributed by atoms with van der Waals surface area (Å²) in [5.41, 5.74) is 5.95. The number of primary amides is 1. The summed E-state index contributed by atoms with van der Waals surface area (Å²) in [4.78, 5) is 10.8. The molecule has 4 heteroatoms. The van der Waals surface area contributed by atoms with Crippen molar-refractivity contribution < 1.29 is 9.53 Å². The zero-order valence-electron chi connectivity index (χ0n) is 8.43. The standard InChI is InChI=1S/C11H12N2O2/c1-15-10-4-2-8(3-5-10)6-9(7-12)11(13)14/h2-5,9H,6H2,1H3,(H2,13,14). The van der Waals surface area contributed by atoms with Crippen LogP contribution in [-0.2, 0) is 11.2 Å². The van der Waals surface area contributed by atoms with Crippen LogP contribution in [0.3, 0.4) is 0 Å². The van der Waals surface area contributed by atoms with Crippen molar-refractivity contribution in [2.45, 2.75) is 6.42 Å². The third kappa shape index (κ3) is 2.99. The van der Waals surface area contributed by atoms with Gasteiger partial charge in [-0.05, 0) is 24.1 Å². The Morgan fingerprint density at radius 2 is 2.13 bits per heavy atom. The van der Waals surface area contributed by atoms with Crippen LogP contribution in [0.2, 0.25) is 0 Å². The van der Waals surface area contributed by atoms with Crippen LogP contribution in [0.5, 0.6) is 5.75 Å². The van der Waals surface area contributed by atoms with Crippen LogP contribution in [0.1, 0.15) is 5.56 Å². The number of hydrogen-bond donors (Lipinski definition) is 1. The van der Waals surface area contributed by atoms with Gasteiger partial charge < -0.3 is 10.5 Å². The van der Waals surface area contributed by atoms with E-state index >= 15 is 0 Å². The van der Waals surface area contributed by atoms with Crippen molar-refractivity contribution in [2.75, 3.05) is 7.11 Å². The van der Waals surface area contributed by atoms with Crippen LogP contribution in [0.4, 0.5) is 0 Å². The summed E-state index contributed by atoms with van der Waals surface area (Å²) >= 11 is 0. The Hall–Kier alpha value is -2.02. The molecule has 0 spiro atoms. The van der Waals surface area contributed by atoms with Crippen molar-refractivity contribution in [3.05, 3.63) is 29.8 Å². The van der Waals surface area contributed by atoms with Crippen molar-refractivity contribution in [2.24, 2.45) is 11.7 Å². The summed E-state index contributed by atoms with van der Waals surface area (Å²) < 4.78 is 4.99. The lowest BCUT2D eigenvalue weighted by Gasteiger charge is -2.05. The number of rotatable bonds is 4. The summed E-state index contributed by atoms with van der Waals surface area (Å²) in [6.07, 6.45) is 0.343. The minimum atomic E-state index is -0.765. The van der Waals surface area contributed by atoms with E-state index in [0.717, 1.165) is 11.3 Å². The highest BCUT2D eigenvalue weighted by Gasteiger charge is 2.14. The molecule has 1 atom stereocenters. The number of ether oxygens (including phenoxy) is 1. The van der Waals surface area contributed by atoms with E-state index in [2.05, 4.69) is 0 Å². The molecule has 0 aromatic heterocycles. The van der Waals surface area contributed by atoms with Gasteiger partial charge >= 0.3 is 0 Å². The molecule has 1 aromatic carbocycles. The van der Waals surface area contributed by atoms with Crippen LogP contribution in [0.15, 0.2) is 24.3 Å². The third-order valence-corrected chi connectivity index (χ3v) is 2.10. The largest absolute Gasteiger partial charge is 0.497 e. The predicted molar refractivity (Wildman–Crippen MR) is 55.0 cm³/mol. The maximum atomic E-state index is 10.8. The summed E-state index contributed by atoms with van der Waals surface area (Å²) in [6, 6.07) is 9.06. The van der Waals surface area contributed by atoms with Gasteiger partial charge in [0.15, 0.2) is 0 Å². The maximum absolute atomic E-state index is 10.8. The second-order valence-electron chi connectivity index (χ2n) is 3.14. The molecule has 1 rings (SSSR count). The van der Waals surface area contributed by atoms with Crippen molar-refractivity contribution in [1.29, 1.82) is 5.26 Å². The van der Waals surface area contributed by atoms with Crippen molar-refractivity contribution in [1.82, 2.24) is 0 Å². The highest BCUT2D eigenvalue weighted by atomic mass is 16.5. The van der Waals surface area contributed by atoms with E-state index in [9.17, 15) is 4.79 Å². The van der Waals surface area contributed by atoms with E-state index in [-0.39, 0.29) is 0 Å². The van der Waals surface area contributed by atoms with Gasteiger partial charge in [0.05, 0.1) is 13.2 Å². The average molecular weight is 204 g/mol. The monoisotopic (exact) mass is 204 g/mol. The highest BCUT2D eigenvalue weighted by Crippen LogP contribution is 2.14. The highest BCUT2D eigenvalue weighted by molar-refractivity contribution is 5.79. The van der Waals surface area contributed by atoms with Gasteiger partial charge in [-0.25, -0.2) is 0 Å². The summed E-state index contributed by atoms with van der Waals surface area (Å²) in [7, 11) is 1.58. The van der Waals surface area contributed by atoms with E-state index < -0.39 is 11.8 Å². The van der Waals surface area contributed by atoms with E-state index in [1.807, 2.05) is 18.2 Å². The molecular weight excluding hydrogens is 192 g/mol. The molecule has 0 heterocycles. The van der Waals surface area contributed by atoms with Gasteiger partial charge in [0.25, 0.3) is 0 Å². The summed E-state index contributed by atoms with van der Waals surface area (Å²) in [5, 5.41) is 8.68. The Balaban J connectivity index is 2.72. The fourth-order valence-electron chi connectivity index (χ4n) is 1.21. The van der Waals surface area contributed by atoms with Crippen molar-refractivity contribution >= 4 is 5.91 Å². The van der Waals surface area contributed by atoms with Gasteiger partial charge in [0.2, 0.25) is 5.91 Å². The summed E-state index contributed by atoms with van der Waals surface area (Å²) in [5.74, 6) is -0.613. The minimum Gasteiger partial charge on any atom is -0.497 e. The lowest BCUT2D eigenvalue weighted by Crippen LogP contribution is -2.23. The molecule has 0 aliphatic rings. The lowest BCUT2D eigenvalue weighted by molar-refractivity contribution is -0.120. The molecule has 15 heavy (non-hydrogen) atoms. The second kappa shape index (κ2) is 5.01. The molecule has 0 fully saturated rings. The first-order valence-corrected chi connectivity index (χ1v) is 4.49. The number of amides is 1. The minimum absolute atomic E-state index is 0.343. The fraction of sp³-hybridized carbons (Fsp3) is 0.273. The number of nitrogens with two attached hydrogens (primary N) is 1. The Kier molecular flexibility index (Phi) is 3.69. The van der Waals surface area contributed by atoms with Crippen molar-refractivity contribution in [3.8, 4) is 11.8 Å². The van der Waals surface area contributed by atoms with Crippen LogP contribution < -0.4 is 10.5 Å². The van der Waals surface area contributed by atoms with Crippen LogP contribution in [-0.4, -0.2) is 13.0 Å². The second-order valence-corrected chi connectivity index (χ2v) is 3.14. The fourth-order valence-corrected chi connectivity index (χ4v) is 1.21. The van der Waals surface area contributed by atoms with Gasteiger partial charge in [0, 0.05) is 0 Å². The van der Waals surface area contributed by atoms with Crippen LogP contribution >= 0.6 is 0 Å². The average Bonchev–Trinajstić information content (AvgIpc) is 2.26. The number of nitrogens with zero attached hydrogens (tertiary/aromatic N) is 1. The number of carbonyl (C=O) groups excluding carboxylic acids is 1. The van der Waals surface area contributed by atoms with E-state index in [4.69, 9.17) is 15.7 Å². The Morgan fingerprint density at radius 3 is 2.53 bits per heavy atom. The molecular formula is C11H12N2O2. The number of benzene rings is 1. The van der Waals surface area contributed by atoms with Crippen molar-refractivity contribution in [3.63, 3.8) is 0 Å². The van der Waals surface area contributed by atoms with Crippen LogP contribution in [0, 0.1) is 17.2 Å². The molecule has 0 aliphatic heterocycles. The Labute approximate surface area is 88.3 Å². The first kappa shape index (κ1) is 11.1. The molecule has 1 unspecified atom stereocenters. The molecule has 0 bridgehead atoms. The van der Waals surface area contributed by atoms with Gasteiger partial charge in [-0.1, -0.05) is 12.1 Å². The zero-order chi connectivity index (χ0) is 11.3.